The molecule has 27 heavy (non-hydrogen) atoms. The van der Waals surface area contributed by atoms with Gasteiger partial charge < -0.3 is 10.4 Å². The van der Waals surface area contributed by atoms with E-state index in [2.05, 4.69) is 5.32 Å². The minimum absolute atomic E-state index is 0.0187. The molecule has 1 amide bonds. The monoisotopic (exact) mass is 397 g/mol. The average molecular weight is 397 g/mol. The molecular formula is C16H19N3O7S. The molecule has 0 saturated heterocycles. The average Bonchev–Trinajstić information content (AvgIpc) is 2.64. The first kappa shape index (κ1) is 21.8. The maximum Gasteiger partial charge on any atom is 0.332 e. The summed E-state index contributed by atoms with van der Waals surface area (Å²) in [5.74, 6) is -0.954. The molecule has 2 aromatic rings. The van der Waals surface area contributed by atoms with E-state index < -0.39 is 27.0 Å². The fraction of sp³-hybridized carbons (Fsp3) is 0.250. The summed E-state index contributed by atoms with van der Waals surface area (Å²) in [5, 5.41) is 9.28. The van der Waals surface area contributed by atoms with Gasteiger partial charge in [-0.25, -0.2) is 13.2 Å². The van der Waals surface area contributed by atoms with E-state index in [1.807, 2.05) is 0 Å². The zero-order valence-electron chi connectivity index (χ0n) is 14.7. The van der Waals surface area contributed by atoms with Crippen LogP contribution < -0.4 is 16.6 Å². The molecule has 1 heterocycles. The van der Waals surface area contributed by atoms with Gasteiger partial charge in [-0.15, -0.1) is 0 Å². The maximum absolute atomic E-state index is 12.1. The largest absolute Gasteiger partial charge is 0.483 e. The molecule has 2 N–H and O–H groups in total. The molecule has 0 unspecified atom stereocenters. The SMILES string of the molecule is Cn1c(NC(=O)CCS(=O)(=O)c2ccccc2)cc(=O)n(C)c1=O.O=CO. The molecule has 0 atom stereocenters. The highest BCUT2D eigenvalue weighted by molar-refractivity contribution is 7.91. The van der Waals surface area contributed by atoms with Crippen molar-refractivity contribution >= 4 is 28.0 Å². The van der Waals surface area contributed by atoms with Crippen LogP contribution >= 0.6 is 0 Å². The topological polar surface area (TPSA) is 145 Å². The molecule has 0 aliphatic heterocycles. The third kappa shape index (κ3) is 5.92. The fourth-order valence-corrected chi connectivity index (χ4v) is 3.29. The number of rotatable bonds is 5. The molecule has 1 aromatic heterocycles. The van der Waals surface area contributed by atoms with Crippen molar-refractivity contribution in [2.24, 2.45) is 14.1 Å². The number of sulfone groups is 1. The van der Waals surface area contributed by atoms with Gasteiger partial charge in [0.15, 0.2) is 9.84 Å². The Bertz CT molecular complexity index is 1020. The molecule has 2 rings (SSSR count). The second-order valence-electron chi connectivity index (χ2n) is 5.30. The number of benzene rings is 1. The van der Waals surface area contributed by atoms with Gasteiger partial charge in [0.2, 0.25) is 5.91 Å². The molecule has 0 bridgehead atoms. The van der Waals surface area contributed by atoms with Crippen molar-refractivity contribution in [3.8, 4) is 0 Å². The van der Waals surface area contributed by atoms with E-state index in [9.17, 15) is 22.8 Å². The second kappa shape index (κ2) is 9.48. The minimum atomic E-state index is -3.58. The quantitative estimate of drug-likeness (QED) is 0.652. The van der Waals surface area contributed by atoms with Crippen LogP contribution in [0.1, 0.15) is 6.42 Å². The van der Waals surface area contributed by atoms with E-state index in [4.69, 9.17) is 9.90 Å². The van der Waals surface area contributed by atoms with Crippen LogP contribution in [0, 0.1) is 0 Å². The van der Waals surface area contributed by atoms with Crippen LogP contribution in [0.25, 0.3) is 0 Å². The summed E-state index contributed by atoms with van der Waals surface area (Å²) in [4.78, 5) is 43.8. The van der Waals surface area contributed by atoms with Crippen molar-refractivity contribution < 1.29 is 23.1 Å². The number of hydrogen-bond acceptors (Lipinski definition) is 6. The van der Waals surface area contributed by atoms with Crippen molar-refractivity contribution in [2.45, 2.75) is 11.3 Å². The molecule has 0 spiro atoms. The van der Waals surface area contributed by atoms with Gasteiger partial charge in [-0.1, -0.05) is 18.2 Å². The van der Waals surface area contributed by atoms with Crippen molar-refractivity contribution in [2.75, 3.05) is 11.1 Å². The number of carbonyl (C=O) groups excluding carboxylic acids is 1. The molecule has 0 radical (unpaired) electrons. The Morgan fingerprint density at radius 2 is 1.70 bits per heavy atom. The molecule has 0 fully saturated rings. The van der Waals surface area contributed by atoms with Gasteiger partial charge >= 0.3 is 5.69 Å². The number of anilines is 1. The fourth-order valence-electron chi connectivity index (χ4n) is 2.03. The zero-order valence-corrected chi connectivity index (χ0v) is 15.5. The van der Waals surface area contributed by atoms with E-state index in [1.54, 1.807) is 18.2 Å². The lowest BCUT2D eigenvalue weighted by Gasteiger charge is -2.10. The van der Waals surface area contributed by atoms with Crippen LogP contribution in [-0.4, -0.2) is 40.8 Å². The number of nitrogens with zero attached hydrogens (tertiary/aromatic N) is 2. The first-order chi connectivity index (χ1) is 12.6. The Hall–Kier alpha value is -3.21. The number of aromatic nitrogens is 2. The Kier molecular flexibility index (Phi) is 7.66. The lowest BCUT2D eigenvalue weighted by atomic mass is 10.4. The minimum Gasteiger partial charge on any atom is -0.483 e. The highest BCUT2D eigenvalue weighted by Crippen LogP contribution is 2.11. The first-order valence-corrected chi connectivity index (χ1v) is 9.22. The van der Waals surface area contributed by atoms with Crippen LogP contribution in [0.2, 0.25) is 0 Å². The summed E-state index contributed by atoms with van der Waals surface area (Å²) in [6.45, 7) is -0.250. The molecule has 10 nitrogen and oxygen atoms in total. The van der Waals surface area contributed by atoms with Gasteiger partial charge in [0.1, 0.15) is 5.82 Å². The Morgan fingerprint density at radius 3 is 2.26 bits per heavy atom. The normalized spacial score (nSPS) is 10.4. The number of carbonyl (C=O) groups is 2. The van der Waals surface area contributed by atoms with Crippen LogP contribution in [0.4, 0.5) is 5.82 Å². The second-order valence-corrected chi connectivity index (χ2v) is 7.41. The lowest BCUT2D eigenvalue weighted by molar-refractivity contribution is -0.123. The van der Waals surface area contributed by atoms with Crippen molar-refractivity contribution in [1.82, 2.24) is 9.13 Å². The maximum atomic E-state index is 12.1. The van der Waals surface area contributed by atoms with E-state index in [0.717, 1.165) is 15.2 Å². The van der Waals surface area contributed by atoms with Crippen LogP contribution in [-0.2, 0) is 33.5 Å². The van der Waals surface area contributed by atoms with Crippen LogP contribution in [0.15, 0.2) is 50.9 Å². The number of carboxylic acid groups (broad SMARTS) is 1. The first-order valence-electron chi connectivity index (χ1n) is 7.56. The molecular weight excluding hydrogens is 378 g/mol. The van der Waals surface area contributed by atoms with E-state index in [-0.39, 0.29) is 29.4 Å². The predicted octanol–water partition coefficient (Wildman–Crippen LogP) is -0.413. The summed E-state index contributed by atoms with van der Waals surface area (Å²) in [5.41, 5.74) is -1.15. The third-order valence-electron chi connectivity index (χ3n) is 3.49. The van der Waals surface area contributed by atoms with Crippen LogP contribution in [0.5, 0.6) is 0 Å². The zero-order chi connectivity index (χ0) is 20.6. The number of hydrogen-bond donors (Lipinski definition) is 2. The van der Waals surface area contributed by atoms with Crippen molar-refractivity contribution in [3.63, 3.8) is 0 Å². The predicted molar refractivity (Wildman–Crippen MR) is 97.4 cm³/mol. The summed E-state index contributed by atoms with van der Waals surface area (Å²) in [7, 11) is -0.853. The van der Waals surface area contributed by atoms with Crippen molar-refractivity contribution in [1.29, 1.82) is 0 Å². The van der Waals surface area contributed by atoms with Gasteiger partial charge in [0, 0.05) is 26.6 Å². The Balaban J connectivity index is 0.00000114. The van der Waals surface area contributed by atoms with Gasteiger partial charge in [0.05, 0.1) is 10.6 Å². The summed E-state index contributed by atoms with van der Waals surface area (Å²) in [6, 6.07) is 8.91. The third-order valence-corrected chi connectivity index (χ3v) is 5.23. The molecule has 0 saturated carbocycles. The summed E-state index contributed by atoms with van der Waals surface area (Å²) >= 11 is 0. The van der Waals surface area contributed by atoms with E-state index >= 15 is 0 Å². The lowest BCUT2D eigenvalue weighted by Crippen LogP contribution is -2.38. The van der Waals surface area contributed by atoms with Gasteiger partial charge in [-0.05, 0) is 12.1 Å². The molecule has 0 aliphatic rings. The Morgan fingerprint density at radius 1 is 1.15 bits per heavy atom. The standard InChI is InChI=1S/C15H17N3O5S.CH2O2/c1-17-12(10-14(20)18(2)15(17)21)16-13(19)8-9-24(22,23)11-6-4-3-5-7-11;2-1-3/h3-7,10H,8-9H2,1-2H3,(H,16,19);1H,(H,2,3). The van der Waals surface area contributed by atoms with Crippen LogP contribution in [0.3, 0.4) is 0 Å². The Labute approximate surface area is 154 Å². The number of nitrogens with one attached hydrogen (secondary N) is 1. The summed E-state index contributed by atoms with van der Waals surface area (Å²) in [6.07, 6.45) is -0.291. The van der Waals surface area contributed by atoms with Gasteiger partial charge in [0.25, 0.3) is 12.0 Å². The molecule has 0 aliphatic carbocycles. The molecule has 1 aromatic carbocycles. The van der Waals surface area contributed by atoms with Gasteiger partial charge in [-0.3, -0.25) is 23.5 Å². The highest BCUT2D eigenvalue weighted by Gasteiger charge is 2.17. The van der Waals surface area contributed by atoms with E-state index in [1.165, 1.54) is 26.2 Å². The van der Waals surface area contributed by atoms with E-state index in [0.29, 0.717) is 0 Å². The summed E-state index contributed by atoms with van der Waals surface area (Å²) < 4.78 is 26.2. The molecule has 146 valence electrons. The highest BCUT2D eigenvalue weighted by atomic mass is 32.2. The molecule has 11 heteroatoms. The smallest absolute Gasteiger partial charge is 0.332 e. The van der Waals surface area contributed by atoms with Crippen molar-refractivity contribution in [3.05, 3.63) is 57.2 Å². The number of amides is 1. The van der Waals surface area contributed by atoms with Gasteiger partial charge in [-0.2, -0.15) is 0 Å².